The Morgan fingerprint density at radius 1 is 1.44 bits per heavy atom. The smallest absolute Gasteiger partial charge is 0.0468 e. The number of hydrogen-bond acceptors (Lipinski definition) is 3. The highest BCUT2D eigenvalue weighted by atomic mass is 16.5. The van der Waals surface area contributed by atoms with Crippen LogP contribution in [0, 0.1) is 11.3 Å². The molecule has 1 heterocycles. The van der Waals surface area contributed by atoms with Crippen LogP contribution >= 0.6 is 0 Å². The fraction of sp³-hybridized carbons (Fsp3) is 1.00. The van der Waals surface area contributed by atoms with Gasteiger partial charge < -0.3 is 15.0 Å². The summed E-state index contributed by atoms with van der Waals surface area (Å²) >= 11 is 0. The van der Waals surface area contributed by atoms with Crippen molar-refractivity contribution in [3.63, 3.8) is 0 Å². The third-order valence-corrected chi connectivity index (χ3v) is 4.22. The Kier molecular flexibility index (Phi) is 4.22. The van der Waals surface area contributed by atoms with E-state index in [9.17, 15) is 0 Å². The van der Waals surface area contributed by atoms with E-state index in [0.29, 0.717) is 5.41 Å². The molecule has 1 saturated carbocycles. The largest absolute Gasteiger partial charge is 0.385 e. The van der Waals surface area contributed by atoms with Crippen LogP contribution in [0.1, 0.15) is 25.7 Å². The topological polar surface area (TPSA) is 24.5 Å². The molecule has 0 aromatic heterocycles. The minimum atomic E-state index is 0.630. The summed E-state index contributed by atoms with van der Waals surface area (Å²) in [5.74, 6) is 0.878. The fourth-order valence-electron chi connectivity index (χ4n) is 2.97. The summed E-state index contributed by atoms with van der Waals surface area (Å²) < 4.78 is 5.21. The number of methoxy groups -OCH3 is 1. The van der Waals surface area contributed by atoms with Gasteiger partial charge in [-0.3, -0.25) is 0 Å². The van der Waals surface area contributed by atoms with Crippen molar-refractivity contribution in [2.75, 3.05) is 46.9 Å². The average molecular weight is 226 g/mol. The van der Waals surface area contributed by atoms with Gasteiger partial charge in [-0.25, -0.2) is 0 Å². The lowest BCUT2D eigenvalue weighted by Crippen LogP contribution is -2.30. The van der Waals surface area contributed by atoms with E-state index in [4.69, 9.17) is 4.74 Å². The standard InChI is InChI=1S/C13H26N2O/c1-14-9-12-3-7-15(10-12)11-13(4-5-13)6-8-16-2/h12,14H,3-11H2,1-2H3. The highest BCUT2D eigenvalue weighted by Gasteiger charge is 2.44. The predicted octanol–water partition coefficient (Wildman–Crippen LogP) is 1.34. The Balaban J connectivity index is 1.70. The molecule has 0 amide bonds. The Labute approximate surface area is 99.5 Å². The molecule has 2 rings (SSSR count). The molecular formula is C13H26N2O. The number of nitrogens with zero attached hydrogens (tertiary/aromatic N) is 1. The lowest BCUT2D eigenvalue weighted by atomic mass is 10.0. The second-order valence-electron chi connectivity index (χ2n) is 5.69. The second kappa shape index (κ2) is 5.48. The summed E-state index contributed by atoms with van der Waals surface area (Å²) in [4.78, 5) is 2.67. The Bertz CT molecular complexity index is 216. The quantitative estimate of drug-likeness (QED) is 0.709. The van der Waals surface area contributed by atoms with Gasteiger partial charge in [-0.15, -0.1) is 0 Å². The van der Waals surface area contributed by atoms with Crippen molar-refractivity contribution in [1.82, 2.24) is 10.2 Å². The van der Waals surface area contributed by atoms with Crippen molar-refractivity contribution in [2.45, 2.75) is 25.7 Å². The maximum Gasteiger partial charge on any atom is 0.0468 e. The molecule has 0 radical (unpaired) electrons. The van der Waals surface area contributed by atoms with Crippen molar-refractivity contribution < 1.29 is 4.74 Å². The molecule has 16 heavy (non-hydrogen) atoms. The molecule has 3 nitrogen and oxygen atoms in total. The molecule has 1 aliphatic heterocycles. The molecule has 2 fully saturated rings. The SMILES string of the molecule is CNCC1CCN(CC2(CCOC)CC2)C1. The number of likely N-dealkylation sites (tertiary alicyclic amines) is 1. The van der Waals surface area contributed by atoms with E-state index < -0.39 is 0 Å². The van der Waals surface area contributed by atoms with E-state index >= 15 is 0 Å². The highest BCUT2D eigenvalue weighted by Crippen LogP contribution is 2.49. The third kappa shape index (κ3) is 3.19. The molecule has 1 N–H and O–H groups in total. The lowest BCUT2D eigenvalue weighted by molar-refractivity contribution is 0.154. The summed E-state index contributed by atoms with van der Waals surface area (Å²) in [6.07, 6.45) is 5.48. The zero-order valence-corrected chi connectivity index (χ0v) is 10.8. The number of rotatable bonds is 7. The van der Waals surface area contributed by atoms with Gasteiger partial charge in [0, 0.05) is 26.8 Å². The maximum absolute atomic E-state index is 5.21. The van der Waals surface area contributed by atoms with E-state index in [0.717, 1.165) is 12.5 Å². The first kappa shape index (κ1) is 12.3. The second-order valence-corrected chi connectivity index (χ2v) is 5.69. The van der Waals surface area contributed by atoms with Crippen LogP contribution < -0.4 is 5.32 Å². The van der Waals surface area contributed by atoms with Crippen molar-refractivity contribution in [2.24, 2.45) is 11.3 Å². The normalized spacial score (nSPS) is 28.5. The molecule has 0 spiro atoms. The van der Waals surface area contributed by atoms with Crippen molar-refractivity contribution in [3.05, 3.63) is 0 Å². The van der Waals surface area contributed by atoms with Crippen LogP contribution in [-0.2, 0) is 4.74 Å². The molecule has 94 valence electrons. The maximum atomic E-state index is 5.21. The van der Waals surface area contributed by atoms with Crippen molar-refractivity contribution in [3.8, 4) is 0 Å². The van der Waals surface area contributed by atoms with Crippen molar-refractivity contribution in [1.29, 1.82) is 0 Å². The van der Waals surface area contributed by atoms with E-state index in [1.165, 1.54) is 51.9 Å². The Morgan fingerprint density at radius 3 is 2.88 bits per heavy atom. The zero-order valence-electron chi connectivity index (χ0n) is 10.8. The molecule has 1 unspecified atom stereocenters. The first-order valence-corrected chi connectivity index (χ1v) is 6.64. The van der Waals surface area contributed by atoms with Gasteiger partial charge in [-0.05, 0) is 57.2 Å². The van der Waals surface area contributed by atoms with E-state index in [1.807, 2.05) is 7.11 Å². The van der Waals surface area contributed by atoms with Crippen LogP contribution in [0.3, 0.4) is 0 Å². The summed E-state index contributed by atoms with van der Waals surface area (Å²) in [5, 5.41) is 3.30. The molecule has 0 bridgehead atoms. The number of nitrogens with one attached hydrogen (secondary N) is 1. The molecule has 2 aliphatic rings. The van der Waals surface area contributed by atoms with E-state index in [-0.39, 0.29) is 0 Å². The minimum absolute atomic E-state index is 0.630. The van der Waals surface area contributed by atoms with Gasteiger partial charge in [-0.2, -0.15) is 0 Å². The van der Waals surface area contributed by atoms with Crippen LogP contribution in [0.5, 0.6) is 0 Å². The van der Waals surface area contributed by atoms with Crippen molar-refractivity contribution >= 4 is 0 Å². The summed E-state index contributed by atoms with van der Waals surface area (Å²) in [7, 11) is 3.87. The van der Waals surface area contributed by atoms with Gasteiger partial charge in [-0.1, -0.05) is 0 Å². The van der Waals surface area contributed by atoms with E-state index in [2.05, 4.69) is 17.3 Å². The van der Waals surface area contributed by atoms with Gasteiger partial charge >= 0.3 is 0 Å². The molecule has 1 atom stereocenters. The van der Waals surface area contributed by atoms with E-state index in [1.54, 1.807) is 0 Å². The first-order valence-electron chi connectivity index (χ1n) is 6.64. The monoisotopic (exact) mass is 226 g/mol. The molecular weight excluding hydrogens is 200 g/mol. The average Bonchev–Trinajstić information content (AvgIpc) is 2.90. The summed E-state index contributed by atoms with van der Waals surface area (Å²) in [5.41, 5.74) is 0.630. The molecule has 0 aromatic carbocycles. The third-order valence-electron chi connectivity index (χ3n) is 4.22. The molecule has 0 aromatic rings. The van der Waals surface area contributed by atoms with Crippen LogP contribution in [0.4, 0.5) is 0 Å². The highest BCUT2D eigenvalue weighted by molar-refractivity contribution is 4.96. The zero-order chi connectivity index (χ0) is 11.4. The van der Waals surface area contributed by atoms with Gasteiger partial charge in [0.05, 0.1) is 0 Å². The minimum Gasteiger partial charge on any atom is -0.385 e. The number of hydrogen-bond donors (Lipinski definition) is 1. The van der Waals surface area contributed by atoms with Crippen LogP contribution in [0.2, 0.25) is 0 Å². The summed E-state index contributed by atoms with van der Waals surface area (Å²) in [6.45, 7) is 6.04. The van der Waals surface area contributed by atoms with Gasteiger partial charge in [0.1, 0.15) is 0 Å². The van der Waals surface area contributed by atoms with Gasteiger partial charge in [0.15, 0.2) is 0 Å². The lowest BCUT2D eigenvalue weighted by Gasteiger charge is -2.23. The first-order chi connectivity index (χ1) is 7.78. The molecule has 1 saturated heterocycles. The molecule has 1 aliphatic carbocycles. The predicted molar refractivity (Wildman–Crippen MR) is 66.6 cm³/mol. The fourth-order valence-corrected chi connectivity index (χ4v) is 2.97. The summed E-state index contributed by atoms with van der Waals surface area (Å²) in [6, 6.07) is 0. The Morgan fingerprint density at radius 2 is 2.25 bits per heavy atom. The number of ether oxygens (including phenoxy) is 1. The van der Waals surface area contributed by atoms with Gasteiger partial charge in [0.2, 0.25) is 0 Å². The van der Waals surface area contributed by atoms with Crippen LogP contribution in [-0.4, -0.2) is 51.8 Å². The molecule has 3 heteroatoms. The Hall–Kier alpha value is -0.120. The van der Waals surface area contributed by atoms with Crippen LogP contribution in [0.25, 0.3) is 0 Å². The van der Waals surface area contributed by atoms with Gasteiger partial charge in [0.25, 0.3) is 0 Å². The van der Waals surface area contributed by atoms with Crippen LogP contribution in [0.15, 0.2) is 0 Å².